The maximum Gasteiger partial charge on any atom is 0.407 e. The number of amides is 1. The minimum absolute atomic E-state index is 0.0539. The van der Waals surface area contributed by atoms with E-state index in [0.717, 1.165) is 27.7 Å². The van der Waals surface area contributed by atoms with Crippen LogP contribution < -0.4 is 10.1 Å². The fourth-order valence-corrected chi connectivity index (χ4v) is 7.29. The van der Waals surface area contributed by atoms with Crippen molar-refractivity contribution in [2.24, 2.45) is 11.8 Å². The third kappa shape index (κ3) is 9.05. The Morgan fingerprint density at radius 1 is 1.10 bits per heavy atom. The maximum atomic E-state index is 13.7. The highest BCUT2D eigenvalue weighted by atomic mass is 32.2. The summed E-state index contributed by atoms with van der Waals surface area (Å²) in [6.45, 7) is 4.33. The number of aliphatic hydroxyl groups excluding tert-OH is 1. The fraction of sp³-hybridized carbons (Fsp3) is 0.455. The second-order valence-electron chi connectivity index (χ2n) is 12.2. The zero-order valence-electron chi connectivity index (χ0n) is 26.7. The van der Waals surface area contributed by atoms with Crippen molar-refractivity contribution in [3.8, 4) is 5.75 Å². The van der Waals surface area contributed by atoms with Crippen LogP contribution in [-0.2, 0) is 37.3 Å². The molecule has 1 aromatic heterocycles. The number of nitrogens with one attached hydrogen (secondary N) is 1. The highest BCUT2D eigenvalue weighted by Crippen LogP contribution is 2.33. The molecule has 0 spiro atoms. The van der Waals surface area contributed by atoms with E-state index < -0.39 is 45.6 Å². The topological polar surface area (TPSA) is 180 Å². The zero-order chi connectivity index (χ0) is 34.3. The molecule has 2 aliphatic heterocycles. The summed E-state index contributed by atoms with van der Waals surface area (Å²) in [6.07, 6.45) is -0.572. The molecule has 258 valence electrons. The Hall–Kier alpha value is -4.15. The molecule has 5 unspecified atom stereocenters. The van der Waals surface area contributed by atoms with Crippen molar-refractivity contribution in [2.45, 2.75) is 62.7 Å². The molecule has 14 nitrogen and oxygen atoms in total. The lowest BCUT2D eigenvalue weighted by Crippen LogP contribution is -2.51. The molecule has 2 fully saturated rings. The van der Waals surface area contributed by atoms with E-state index in [1.54, 1.807) is 30.5 Å². The number of ether oxygens (including phenoxy) is 4. The van der Waals surface area contributed by atoms with E-state index in [9.17, 15) is 28.4 Å². The Balaban J connectivity index is 1.32. The number of fused-ring (bicyclic) bond motifs is 1. The number of carbonyl (C=O) groups excluding carboxylic acids is 1. The van der Waals surface area contributed by atoms with E-state index in [0.29, 0.717) is 18.8 Å². The largest absolute Gasteiger partial charge is 0.487 e. The number of alkyl carbamates (subject to hydrolysis) is 1. The lowest BCUT2D eigenvalue weighted by molar-refractivity contribution is -0.384. The summed E-state index contributed by atoms with van der Waals surface area (Å²) in [5, 5.41) is 25.4. The van der Waals surface area contributed by atoms with Crippen molar-refractivity contribution in [1.29, 1.82) is 0 Å². The minimum Gasteiger partial charge on any atom is -0.487 e. The summed E-state index contributed by atoms with van der Waals surface area (Å²) in [5.41, 5.74) is 1.26. The molecule has 0 radical (unpaired) electrons. The summed E-state index contributed by atoms with van der Waals surface area (Å²) >= 11 is 0. The molecule has 3 heterocycles. The lowest BCUT2D eigenvalue weighted by Gasteiger charge is -2.31. The van der Waals surface area contributed by atoms with Crippen LogP contribution >= 0.6 is 0 Å². The van der Waals surface area contributed by atoms with Crippen LogP contribution in [0.3, 0.4) is 0 Å². The van der Waals surface area contributed by atoms with Crippen molar-refractivity contribution >= 4 is 21.8 Å². The van der Waals surface area contributed by atoms with Crippen LogP contribution in [0.2, 0.25) is 0 Å². The van der Waals surface area contributed by atoms with Crippen molar-refractivity contribution in [1.82, 2.24) is 14.6 Å². The standard InChI is InChI=1S/C33H40N4O10S/c1-22(2)18-36(48(42,43)27-12-8-25(9-13-27)37(40)41)19-30(38)29(35-33(39)47-31-21-46-32-28(31)14-16-44-32)17-23-6-10-26(11-7-23)45-20-24-5-3-4-15-34-24/h3-13,15,22,28-32,38H,14,16-21H2,1-2H3,(H,35,39). The molecule has 5 atom stereocenters. The van der Waals surface area contributed by atoms with E-state index in [2.05, 4.69) is 10.3 Å². The van der Waals surface area contributed by atoms with E-state index in [1.165, 1.54) is 12.1 Å². The first kappa shape index (κ1) is 35.2. The minimum atomic E-state index is -4.18. The van der Waals surface area contributed by atoms with Gasteiger partial charge >= 0.3 is 6.09 Å². The predicted molar refractivity (Wildman–Crippen MR) is 172 cm³/mol. The molecule has 5 rings (SSSR count). The Bertz CT molecular complexity index is 1620. The normalized spacial score (nSPS) is 20.3. The van der Waals surface area contributed by atoms with Gasteiger partial charge in [0.25, 0.3) is 5.69 Å². The number of non-ortho nitro benzene ring substituents is 1. The van der Waals surface area contributed by atoms with E-state index in [4.69, 9.17) is 18.9 Å². The molecular formula is C33H40N4O10S. The van der Waals surface area contributed by atoms with Gasteiger partial charge in [-0.3, -0.25) is 15.1 Å². The first-order valence-corrected chi connectivity index (χ1v) is 17.2. The molecule has 0 bridgehead atoms. The van der Waals surface area contributed by atoms with Crippen LogP contribution in [0.15, 0.2) is 77.8 Å². The van der Waals surface area contributed by atoms with E-state index in [1.807, 2.05) is 32.0 Å². The van der Waals surface area contributed by atoms with Gasteiger partial charge in [-0.2, -0.15) is 4.31 Å². The van der Waals surface area contributed by atoms with Crippen molar-refractivity contribution in [3.05, 3.63) is 94.3 Å². The number of pyridine rings is 1. The van der Waals surface area contributed by atoms with Crippen LogP contribution in [0.4, 0.5) is 10.5 Å². The smallest absolute Gasteiger partial charge is 0.407 e. The Morgan fingerprint density at radius 2 is 1.85 bits per heavy atom. The second kappa shape index (κ2) is 15.8. The number of aliphatic hydroxyl groups is 1. The lowest BCUT2D eigenvalue weighted by atomic mass is 10.0. The van der Waals surface area contributed by atoms with Crippen molar-refractivity contribution in [3.63, 3.8) is 0 Å². The second-order valence-corrected chi connectivity index (χ2v) is 14.1. The summed E-state index contributed by atoms with van der Waals surface area (Å²) in [4.78, 5) is 27.8. The van der Waals surface area contributed by atoms with Gasteiger partial charge in [0.15, 0.2) is 6.29 Å². The van der Waals surface area contributed by atoms with Gasteiger partial charge in [0.1, 0.15) is 18.5 Å². The van der Waals surface area contributed by atoms with Gasteiger partial charge in [0.2, 0.25) is 10.0 Å². The van der Waals surface area contributed by atoms with Crippen molar-refractivity contribution in [2.75, 3.05) is 26.3 Å². The Morgan fingerprint density at radius 3 is 2.52 bits per heavy atom. The van der Waals surface area contributed by atoms with E-state index in [-0.39, 0.29) is 55.1 Å². The van der Waals surface area contributed by atoms with Gasteiger partial charge < -0.3 is 29.4 Å². The quantitative estimate of drug-likeness (QED) is 0.176. The highest BCUT2D eigenvalue weighted by Gasteiger charge is 2.44. The van der Waals surface area contributed by atoms with Gasteiger partial charge in [0.05, 0.1) is 46.8 Å². The number of rotatable bonds is 15. The number of nitrogens with zero attached hydrogens (tertiary/aromatic N) is 3. The number of benzene rings is 2. The number of hydrogen-bond acceptors (Lipinski definition) is 11. The SMILES string of the molecule is CC(C)CN(CC(O)C(Cc1ccc(OCc2ccccn2)cc1)NC(=O)OC1COC2OCCC12)S(=O)(=O)c1ccc([N+](=O)[O-])cc1. The molecule has 2 aromatic carbocycles. The number of aromatic nitrogens is 1. The molecule has 0 saturated carbocycles. The first-order valence-electron chi connectivity index (χ1n) is 15.7. The summed E-state index contributed by atoms with van der Waals surface area (Å²) in [7, 11) is -4.18. The molecule has 2 N–H and O–H groups in total. The van der Waals surface area contributed by atoms with Crippen LogP contribution in [0, 0.1) is 22.0 Å². The van der Waals surface area contributed by atoms with Crippen LogP contribution in [0.25, 0.3) is 0 Å². The third-order valence-electron chi connectivity index (χ3n) is 8.15. The molecule has 48 heavy (non-hydrogen) atoms. The molecule has 0 aliphatic carbocycles. The number of sulfonamides is 1. The first-order chi connectivity index (χ1) is 23.0. The fourth-order valence-electron chi connectivity index (χ4n) is 5.67. The van der Waals surface area contributed by atoms with Crippen LogP contribution in [0.1, 0.15) is 31.5 Å². The van der Waals surface area contributed by atoms with Crippen molar-refractivity contribution < 1.29 is 42.2 Å². The third-order valence-corrected chi connectivity index (χ3v) is 9.99. The van der Waals surface area contributed by atoms with Gasteiger partial charge in [0, 0.05) is 31.4 Å². The molecular weight excluding hydrogens is 644 g/mol. The molecule has 2 saturated heterocycles. The Kier molecular flexibility index (Phi) is 11.6. The number of nitro benzene ring substituents is 1. The zero-order valence-corrected chi connectivity index (χ0v) is 27.5. The Labute approximate surface area is 279 Å². The highest BCUT2D eigenvalue weighted by molar-refractivity contribution is 7.89. The molecule has 1 amide bonds. The average Bonchev–Trinajstić information content (AvgIpc) is 3.69. The average molecular weight is 685 g/mol. The number of hydrogen-bond donors (Lipinski definition) is 2. The summed E-state index contributed by atoms with van der Waals surface area (Å²) in [5.74, 6) is 0.385. The molecule has 15 heteroatoms. The van der Waals surface area contributed by atoms with Gasteiger partial charge in [-0.1, -0.05) is 32.0 Å². The van der Waals surface area contributed by atoms with Gasteiger partial charge in [-0.15, -0.1) is 0 Å². The van der Waals surface area contributed by atoms with Gasteiger partial charge in [-0.05, 0) is 60.7 Å². The predicted octanol–water partition coefficient (Wildman–Crippen LogP) is 3.68. The summed E-state index contributed by atoms with van der Waals surface area (Å²) < 4.78 is 51.2. The number of nitro groups is 1. The van der Waals surface area contributed by atoms with Crippen LogP contribution in [0.5, 0.6) is 5.75 Å². The molecule has 3 aromatic rings. The van der Waals surface area contributed by atoms with Gasteiger partial charge in [-0.25, -0.2) is 13.2 Å². The number of carbonyl (C=O) groups is 1. The molecule has 2 aliphatic rings. The monoisotopic (exact) mass is 684 g/mol. The summed E-state index contributed by atoms with van der Waals surface area (Å²) in [6, 6.07) is 16.3. The van der Waals surface area contributed by atoms with Crippen LogP contribution in [-0.4, -0.2) is 84.7 Å². The van der Waals surface area contributed by atoms with E-state index >= 15 is 0 Å². The maximum absolute atomic E-state index is 13.7.